The van der Waals surface area contributed by atoms with Crippen LogP contribution in [0.3, 0.4) is 0 Å². The van der Waals surface area contributed by atoms with E-state index in [-0.39, 0.29) is 0 Å². The molecular weight excluding hydrogens is 352 g/mol. The van der Waals surface area contributed by atoms with Crippen molar-refractivity contribution in [3.63, 3.8) is 0 Å². The number of carbonyl (C=O) groups is 5. The number of ether oxygens (including phenoxy) is 5. The standard InChI is InChI=1S/C16H22O10/c1-9(17)23-8-14(25-11(3)19)16(26-12(4)20)13(24-10(2)18)6-7-15(21)22-5/h6-7,13-14,16H,8H2,1-5H3/b7-6+/t13-,14-,16+/m1/s1. The number of rotatable bonds is 9. The second kappa shape index (κ2) is 11.6. The lowest BCUT2D eigenvalue weighted by molar-refractivity contribution is -0.185. The van der Waals surface area contributed by atoms with Gasteiger partial charge >= 0.3 is 29.8 Å². The molecule has 146 valence electrons. The summed E-state index contributed by atoms with van der Waals surface area (Å²) in [4.78, 5) is 56.5. The molecular formula is C16H22O10. The Morgan fingerprint density at radius 3 is 1.77 bits per heavy atom. The quantitative estimate of drug-likeness (QED) is 0.310. The summed E-state index contributed by atoms with van der Waals surface area (Å²) in [6.45, 7) is 3.94. The molecule has 0 aliphatic carbocycles. The zero-order valence-corrected chi connectivity index (χ0v) is 15.2. The Balaban J connectivity index is 5.77. The van der Waals surface area contributed by atoms with Crippen molar-refractivity contribution >= 4 is 29.8 Å². The van der Waals surface area contributed by atoms with Gasteiger partial charge in [0, 0.05) is 33.8 Å². The number of hydrogen-bond donors (Lipinski definition) is 0. The van der Waals surface area contributed by atoms with Crippen LogP contribution in [0.5, 0.6) is 0 Å². The fourth-order valence-corrected chi connectivity index (χ4v) is 1.80. The fourth-order valence-electron chi connectivity index (χ4n) is 1.80. The largest absolute Gasteiger partial charge is 0.466 e. The molecule has 0 aliphatic heterocycles. The van der Waals surface area contributed by atoms with Crippen molar-refractivity contribution in [3.05, 3.63) is 12.2 Å². The lowest BCUT2D eigenvalue weighted by Crippen LogP contribution is -2.46. The second-order valence-electron chi connectivity index (χ2n) is 4.98. The molecule has 26 heavy (non-hydrogen) atoms. The number of carbonyl (C=O) groups excluding carboxylic acids is 5. The van der Waals surface area contributed by atoms with E-state index in [0.29, 0.717) is 0 Å². The van der Waals surface area contributed by atoms with Gasteiger partial charge in [0.05, 0.1) is 7.11 Å². The van der Waals surface area contributed by atoms with Crippen LogP contribution in [0.2, 0.25) is 0 Å². The minimum atomic E-state index is -1.37. The van der Waals surface area contributed by atoms with E-state index in [1.807, 2.05) is 0 Å². The first-order valence-corrected chi connectivity index (χ1v) is 7.48. The molecule has 0 aromatic heterocycles. The molecule has 0 unspecified atom stereocenters. The zero-order valence-electron chi connectivity index (χ0n) is 15.2. The van der Waals surface area contributed by atoms with E-state index in [4.69, 9.17) is 18.9 Å². The average Bonchev–Trinajstić information content (AvgIpc) is 2.52. The van der Waals surface area contributed by atoms with Gasteiger partial charge in [-0.15, -0.1) is 0 Å². The van der Waals surface area contributed by atoms with Crippen molar-refractivity contribution in [1.29, 1.82) is 0 Å². The highest BCUT2D eigenvalue weighted by Crippen LogP contribution is 2.16. The van der Waals surface area contributed by atoms with Crippen LogP contribution in [0.15, 0.2) is 12.2 Å². The zero-order chi connectivity index (χ0) is 20.3. The van der Waals surface area contributed by atoms with Crippen LogP contribution in [0.1, 0.15) is 27.7 Å². The average molecular weight is 374 g/mol. The SMILES string of the molecule is COC(=O)/C=C/[C@@H](OC(C)=O)[C@H](OC(C)=O)[C@@H](COC(C)=O)OC(C)=O. The van der Waals surface area contributed by atoms with Crippen molar-refractivity contribution in [2.24, 2.45) is 0 Å². The molecule has 0 saturated carbocycles. The molecule has 0 amide bonds. The highest BCUT2D eigenvalue weighted by Gasteiger charge is 2.36. The van der Waals surface area contributed by atoms with Crippen molar-refractivity contribution in [2.45, 2.75) is 46.0 Å². The number of methoxy groups -OCH3 is 1. The highest BCUT2D eigenvalue weighted by molar-refractivity contribution is 5.82. The molecule has 10 nitrogen and oxygen atoms in total. The van der Waals surface area contributed by atoms with Crippen LogP contribution in [0.25, 0.3) is 0 Å². The Hall–Kier alpha value is -2.91. The van der Waals surface area contributed by atoms with Gasteiger partial charge in [-0.05, 0) is 6.08 Å². The maximum atomic E-state index is 11.4. The Bertz CT molecular complexity index is 565. The Morgan fingerprint density at radius 2 is 1.35 bits per heavy atom. The van der Waals surface area contributed by atoms with E-state index in [1.165, 1.54) is 0 Å². The first-order chi connectivity index (χ1) is 12.1. The topological polar surface area (TPSA) is 132 Å². The highest BCUT2D eigenvalue weighted by atomic mass is 16.6. The van der Waals surface area contributed by atoms with Crippen LogP contribution in [-0.4, -0.2) is 61.9 Å². The van der Waals surface area contributed by atoms with E-state index in [1.54, 1.807) is 0 Å². The summed E-state index contributed by atoms with van der Waals surface area (Å²) in [6.07, 6.45) is -1.92. The predicted octanol–water partition coefficient (Wildman–Crippen LogP) is 0.0738. The molecule has 0 spiro atoms. The lowest BCUT2D eigenvalue weighted by atomic mass is 10.1. The Labute approximate surface area is 150 Å². The summed E-state index contributed by atoms with van der Waals surface area (Å²) in [7, 11) is 1.14. The van der Waals surface area contributed by atoms with Gasteiger partial charge in [-0.2, -0.15) is 0 Å². The molecule has 0 bridgehead atoms. The van der Waals surface area contributed by atoms with Crippen molar-refractivity contribution in [3.8, 4) is 0 Å². The van der Waals surface area contributed by atoms with E-state index < -0.39 is 54.8 Å². The monoisotopic (exact) mass is 374 g/mol. The van der Waals surface area contributed by atoms with Gasteiger partial charge in [0.1, 0.15) is 6.61 Å². The van der Waals surface area contributed by atoms with Gasteiger partial charge in [-0.3, -0.25) is 19.2 Å². The molecule has 0 aromatic rings. The Morgan fingerprint density at radius 1 is 0.808 bits per heavy atom. The third-order valence-corrected chi connectivity index (χ3v) is 2.69. The molecule has 3 atom stereocenters. The summed E-state index contributed by atoms with van der Waals surface area (Å²) in [5.41, 5.74) is 0. The molecule has 0 aromatic carbocycles. The predicted molar refractivity (Wildman–Crippen MR) is 84.5 cm³/mol. The second-order valence-corrected chi connectivity index (χ2v) is 4.98. The van der Waals surface area contributed by atoms with Crippen LogP contribution in [0.4, 0.5) is 0 Å². The first-order valence-electron chi connectivity index (χ1n) is 7.48. The third kappa shape index (κ3) is 10.1. The van der Waals surface area contributed by atoms with E-state index in [2.05, 4.69) is 4.74 Å². The lowest BCUT2D eigenvalue weighted by Gasteiger charge is -2.30. The smallest absolute Gasteiger partial charge is 0.330 e. The molecule has 0 heterocycles. The minimum absolute atomic E-state index is 0.462. The van der Waals surface area contributed by atoms with Gasteiger partial charge in [-0.1, -0.05) is 0 Å². The minimum Gasteiger partial charge on any atom is -0.466 e. The van der Waals surface area contributed by atoms with Crippen LogP contribution >= 0.6 is 0 Å². The normalized spacial score (nSPS) is 13.9. The van der Waals surface area contributed by atoms with Crippen LogP contribution in [0, 0.1) is 0 Å². The summed E-state index contributed by atoms with van der Waals surface area (Å²) in [6, 6.07) is 0. The van der Waals surface area contributed by atoms with Gasteiger partial charge < -0.3 is 23.7 Å². The molecule has 0 rings (SSSR count). The van der Waals surface area contributed by atoms with Crippen LogP contribution in [-0.2, 0) is 47.7 Å². The van der Waals surface area contributed by atoms with Crippen LogP contribution < -0.4 is 0 Å². The van der Waals surface area contributed by atoms with E-state index >= 15 is 0 Å². The van der Waals surface area contributed by atoms with Gasteiger partial charge in [0.25, 0.3) is 0 Å². The maximum Gasteiger partial charge on any atom is 0.330 e. The van der Waals surface area contributed by atoms with Gasteiger partial charge in [0.15, 0.2) is 18.3 Å². The molecule has 10 heteroatoms. The van der Waals surface area contributed by atoms with Crippen molar-refractivity contribution < 1.29 is 47.7 Å². The molecule has 0 aliphatic rings. The number of hydrogen-bond acceptors (Lipinski definition) is 10. The van der Waals surface area contributed by atoms with Gasteiger partial charge in [0.2, 0.25) is 0 Å². The summed E-state index contributed by atoms with van der Waals surface area (Å²) < 4.78 is 24.4. The maximum absolute atomic E-state index is 11.4. The third-order valence-electron chi connectivity index (χ3n) is 2.69. The van der Waals surface area contributed by atoms with Gasteiger partial charge in [-0.25, -0.2) is 4.79 Å². The van der Waals surface area contributed by atoms with E-state index in [9.17, 15) is 24.0 Å². The summed E-state index contributed by atoms with van der Waals surface area (Å²) in [5, 5.41) is 0. The summed E-state index contributed by atoms with van der Waals surface area (Å²) >= 11 is 0. The molecule has 0 fully saturated rings. The fraction of sp³-hybridized carbons (Fsp3) is 0.562. The van der Waals surface area contributed by atoms with Crippen molar-refractivity contribution in [2.75, 3.05) is 13.7 Å². The van der Waals surface area contributed by atoms with Crippen molar-refractivity contribution in [1.82, 2.24) is 0 Å². The summed E-state index contributed by atoms with van der Waals surface area (Å²) in [5.74, 6) is -3.71. The molecule has 0 saturated heterocycles. The molecule has 0 N–H and O–H groups in total. The first kappa shape index (κ1) is 23.1. The number of esters is 5. The van der Waals surface area contributed by atoms with E-state index in [0.717, 1.165) is 47.0 Å². The molecule has 0 radical (unpaired) electrons. The Kier molecular flexibility index (Phi) is 10.3.